The minimum absolute atomic E-state index is 0.135. The first kappa shape index (κ1) is 19.8. The highest BCUT2D eigenvalue weighted by Crippen LogP contribution is 2.38. The van der Waals surface area contributed by atoms with E-state index in [2.05, 4.69) is 20.3 Å². The van der Waals surface area contributed by atoms with Crippen molar-refractivity contribution < 1.29 is 23.7 Å². The second-order valence-corrected chi connectivity index (χ2v) is 6.52. The quantitative estimate of drug-likeness (QED) is 0.407. The van der Waals surface area contributed by atoms with E-state index in [9.17, 15) is 19.0 Å². The Labute approximate surface area is 153 Å². The molecule has 0 radical (unpaired) electrons. The number of nitrogens with zero attached hydrogens (tertiary/aromatic N) is 4. The summed E-state index contributed by atoms with van der Waals surface area (Å²) in [6.07, 6.45) is -2.51. The van der Waals surface area contributed by atoms with Crippen LogP contribution < -0.4 is 16.8 Å². The Morgan fingerprint density at radius 1 is 1.33 bits per heavy atom. The highest BCUT2D eigenvalue weighted by Gasteiger charge is 2.56. The van der Waals surface area contributed by atoms with Crippen LogP contribution >= 0.6 is 0 Å². The average molecular weight is 387 g/mol. The van der Waals surface area contributed by atoms with E-state index in [4.69, 9.17) is 16.2 Å². The van der Waals surface area contributed by atoms with Crippen LogP contribution in [-0.4, -0.2) is 67.6 Å². The van der Waals surface area contributed by atoms with Crippen molar-refractivity contribution in [2.75, 3.05) is 19.3 Å². The van der Waals surface area contributed by atoms with Crippen molar-refractivity contribution in [3.63, 3.8) is 0 Å². The molecule has 0 bridgehead atoms. The molecule has 27 heavy (non-hydrogen) atoms. The van der Waals surface area contributed by atoms with Gasteiger partial charge in [-0.2, -0.15) is 0 Å². The fourth-order valence-corrected chi connectivity index (χ4v) is 3.35. The zero-order chi connectivity index (χ0) is 19.8. The minimum atomic E-state index is -2.98. The molecule has 0 saturated carbocycles. The van der Waals surface area contributed by atoms with Gasteiger partial charge in [-0.15, -0.1) is 0 Å². The van der Waals surface area contributed by atoms with Crippen molar-refractivity contribution in [3.8, 4) is 0 Å². The van der Waals surface area contributed by atoms with Gasteiger partial charge >= 0.3 is 0 Å². The molecule has 2 aromatic rings. The lowest BCUT2D eigenvalue weighted by molar-refractivity contribution is -0.162. The van der Waals surface area contributed by atoms with Crippen molar-refractivity contribution in [2.24, 2.45) is 5.73 Å². The molecule has 1 saturated heterocycles. The van der Waals surface area contributed by atoms with E-state index in [-0.39, 0.29) is 29.9 Å². The number of nitrogens with one attached hydrogen (secondary N) is 1. The number of aromatic nitrogens is 4. The molecule has 0 spiro atoms. The molecule has 0 amide bonds. The Kier molecular flexibility index (Phi) is 5.27. The van der Waals surface area contributed by atoms with E-state index in [1.54, 1.807) is 0 Å². The molecule has 2 aromatic heterocycles. The summed E-state index contributed by atoms with van der Waals surface area (Å²) in [7, 11) is 1.50. The molecule has 150 valence electrons. The number of alkyl halides is 2. The summed E-state index contributed by atoms with van der Waals surface area (Å²) in [6, 6.07) is 0. The second kappa shape index (κ2) is 7.20. The van der Waals surface area contributed by atoms with Gasteiger partial charge in [0.2, 0.25) is 11.8 Å². The first-order valence-corrected chi connectivity index (χ1v) is 8.50. The molecule has 3 heterocycles. The number of nitrogen functional groups attached to an aromatic ring is 1. The van der Waals surface area contributed by atoms with Crippen LogP contribution in [0.25, 0.3) is 11.2 Å². The maximum atomic E-state index is 13.8. The van der Waals surface area contributed by atoms with Crippen LogP contribution in [0.3, 0.4) is 0 Å². The largest absolute Gasteiger partial charge is 0.387 e. The monoisotopic (exact) mass is 387 g/mol. The van der Waals surface area contributed by atoms with Gasteiger partial charge in [0.15, 0.2) is 11.5 Å². The van der Waals surface area contributed by atoms with Gasteiger partial charge in [-0.1, -0.05) is 0 Å². The van der Waals surface area contributed by atoms with Crippen LogP contribution in [0, 0.1) is 0 Å². The van der Waals surface area contributed by atoms with Crippen molar-refractivity contribution in [3.05, 3.63) is 12.7 Å². The topological polar surface area (TPSA) is 157 Å². The number of anilines is 1. The molecule has 3 rings (SSSR count). The van der Waals surface area contributed by atoms with E-state index >= 15 is 0 Å². The highest BCUT2D eigenvalue weighted by atomic mass is 19.3. The van der Waals surface area contributed by atoms with Crippen LogP contribution in [0.4, 0.5) is 14.6 Å². The summed E-state index contributed by atoms with van der Waals surface area (Å²) in [5, 5.41) is 23.9. The van der Waals surface area contributed by atoms with Gasteiger partial charge in [0.25, 0.3) is 0 Å². The van der Waals surface area contributed by atoms with Crippen molar-refractivity contribution in [2.45, 2.75) is 49.3 Å². The normalized spacial score (nSPS) is 28.9. The van der Waals surface area contributed by atoms with E-state index < -0.39 is 42.9 Å². The van der Waals surface area contributed by atoms with Crippen LogP contribution in [0.2, 0.25) is 0 Å². The second-order valence-electron chi connectivity index (χ2n) is 6.52. The summed E-state index contributed by atoms with van der Waals surface area (Å²) >= 11 is 0. The maximum Gasteiger partial charge on any atom is 0.249 e. The predicted molar refractivity (Wildman–Crippen MR) is 91.5 cm³/mol. The summed E-state index contributed by atoms with van der Waals surface area (Å²) in [5.74, 6) is -4.49. The number of rotatable bonds is 7. The summed E-state index contributed by atoms with van der Waals surface area (Å²) in [6.45, 7) is -0.147. The zero-order valence-corrected chi connectivity index (χ0v) is 14.7. The predicted octanol–water partition coefficient (Wildman–Crippen LogP) is -0.877. The Morgan fingerprint density at radius 2 is 2.07 bits per heavy atom. The van der Waals surface area contributed by atoms with Crippen molar-refractivity contribution in [1.82, 2.24) is 24.8 Å². The van der Waals surface area contributed by atoms with Gasteiger partial charge in [-0.05, 0) is 20.0 Å². The molecule has 0 unspecified atom stereocenters. The Bertz CT molecular complexity index is 805. The summed E-state index contributed by atoms with van der Waals surface area (Å²) in [4.78, 5) is 12.1. The molecule has 0 aliphatic carbocycles. The molecule has 1 aliphatic heterocycles. The number of imidazole rings is 1. The smallest absolute Gasteiger partial charge is 0.249 e. The minimum Gasteiger partial charge on any atom is -0.387 e. The molecule has 7 N–H and O–H groups in total. The Hall–Kier alpha value is -1.99. The van der Waals surface area contributed by atoms with Crippen LogP contribution in [-0.2, 0) is 10.6 Å². The molecule has 1 fully saturated rings. The number of hydrogen-bond donors (Lipinski definition) is 5. The number of aliphatic hydroxyl groups is 2. The molecule has 0 aromatic carbocycles. The third-order valence-electron chi connectivity index (χ3n) is 4.82. The number of nitrogens with two attached hydrogens (primary N) is 2. The van der Waals surface area contributed by atoms with E-state index in [0.29, 0.717) is 0 Å². The lowest BCUT2D eigenvalue weighted by atomic mass is 10.0. The maximum absolute atomic E-state index is 13.8. The average Bonchev–Trinajstić information content (AvgIpc) is 3.16. The van der Waals surface area contributed by atoms with Crippen molar-refractivity contribution in [1.29, 1.82) is 0 Å². The van der Waals surface area contributed by atoms with Gasteiger partial charge in [0.05, 0.1) is 6.10 Å². The van der Waals surface area contributed by atoms with Gasteiger partial charge in [-0.25, -0.2) is 23.7 Å². The number of halogens is 2. The molecule has 4 atom stereocenters. The Balaban J connectivity index is 1.90. The van der Waals surface area contributed by atoms with Crippen molar-refractivity contribution >= 4 is 17.0 Å². The zero-order valence-electron chi connectivity index (χ0n) is 14.7. The fourth-order valence-electron chi connectivity index (χ4n) is 3.35. The molecular weight excluding hydrogens is 364 g/mol. The van der Waals surface area contributed by atoms with Crippen LogP contribution in [0.1, 0.15) is 19.3 Å². The van der Waals surface area contributed by atoms with Crippen LogP contribution in [0.15, 0.2) is 12.7 Å². The number of fused-ring (bicyclic) bond motifs is 1. The number of ether oxygens (including phenoxy) is 1. The lowest BCUT2D eigenvalue weighted by Crippen LogP contribution is -2.54. The van der Waals surface area contributed by atoms with Gasteiger partial charge in [0.1, 0.15) is 30.4 Å². The summed E-state index contributed by atoms with van der Waals surface area (Å²) in [5.41, 5.74) is 11.5. The third-order valence-corrected chi connectivity index (χ3v) is 4.82. The first-order chi connectivity index (χ1) is 12.8. The standard InChI is InChI=1S/C15H23F2N7O3/c1-20-15(24-7-23-9-12(19)21-6-22-13(9)24)11(26)10(25)8(27-15)2-3-14(16,17)4-5-18/h6-8,10-11,20,25-26H,2-5,18H2,1H3,(H2,19,21,22)/t8-,10-,11-,15+/m1/s1. The van der Waals surface area contributed by atoms with E-state index in [0.717, 1.165) is 0 Å². The third kappa shape index (κ3) is 3.34. The number of aliphatic hydroxyl groups excluding tert-OH is 2. The first-order valence-electron chi connectivity index (χ1n) is 8.50. The highest BCUT2D eigenvalue weighted by molar-refractivity contribution is 5.81. The van der Waals surface area contributed by atoms with E-state index in [1.165, 1.54) is 24.3 Å². The van der Waals surface area contributed by atoms with E-state index in [1.807, 2.05) is 0 Å². The van der Waals surface area contributed by atoms with Gasteiger partial charge in [0, 0.05) is 12.8 Å². The summed E-state index contributed by atoms with van der Waals surface area (Å²) < 4.78 is 34.7. The molecular formula is C15H23F2N7O3. The number of hydrogen-bond acceptors (Lipinski definition) is 9. The number of likely N-dealkylation sites (N-methyl/N-ethyl adjacent to an activating group) is 1. The van der Waals surface area contributed by atoms with Gasteiger partial charge in [-0.3, -0.25) is 9.88 Å². The van der Waals surface area contributed by atoms with Crippen LogP contribution in [0.5, 0.6) is 0 Å². The Morgan fingerprint density at radius 3 is 2.74 bits per heavy atom. The SMILES string of the molecule is CN[C@@]1(n2cnc3c(N)ncnc32)O[C@H](CCC(F)(F)CCN)[C@@H](O)[C@H]1O. The lowest BCUT2D eigenvalue weighted by Gasteiger charge is -2.33. The molecule has 1 aliphatic rings. The molecule has 10 nitrogen and oxygen atoms in total. The van der Waals surface area contributed by atoms with Gasteiger partial charge < -0.3 is 26.4 Å². The molecule has 12 heteroatoms. The fraction of sp³-hybridized carbons (Fsp3) is 0.667.